The van der Waals surface area contributed by atoms with E-state index in [0.29, 0.717) is 36.5 Å². The smallest absolute Gasteiger partial charge is 0.163 e. The Morgan fingerprint density at radius 3 is 2.14 bits per heavy atom. The maximum absolute atomic E-state index is 13.6. The summed E-state index contributed by atoms with van der Waals surface area (Å²) in [7, 11) is 0. The molecule has 1 heterocycles. The van der Waals surface area contributed by atoms with E-state index in [9.17, 15) is 13.2 Å². The molecule has 0 fully saturated rings. The fraction of sp³-hybridized carbons (Fsp3) is 0.143. The molecule has 0 radical (unpaired) electrons. The average molecular weight is 296 g/mol. The molecule has 0 atom stereocenters. The second-order valence-electron chi connectivity index (χ2n) is 4.45. The molecule has 0 spiro atoms. The van der Waals surface area contributed by atoms with Gasteiger partial charge in [-0.05, 0) is 0 Å². The Morgan fingerprint density at radius 1 is 0.810 bits per heavy atom. The van der Waals surface area contributed by atoms with Gasteiger partial charge in [-0.25, -0.2) is 13.2 Å². The van der Waals surface area contributed by atoms with Gasteiger partial charge in [0.05, 0.1) is 17.1 Å². The topological polar surface area (TPSA) is 56.5 Å². The maximum Gasteiger partial charge on any atom is 0.163 e. The minimum absolute atomic E-state index is 0.225. The molecule has 2 aromatic rings. The van der Waals surface area contributed by atoms with Crippen LogP contribution in [0.15, 0.2) is 24.3 Å². The number of benzene rings is 2. The molecule has 1 aliphatic heterocycles. The first kappa shape index (κ1) is 13.4. The van der Waals surface area contributed by atoms with Crippen LogP contribution in [0.4, 0.5) is 30.2 Å². The van der Waals surface area contributed by atoms with Crippen molar-refractivity contribution < 1.29 is 22.6 Å². The number of nitrogens with two attached hydrogens (primary N) is 1. The highest BCUT2D eigenvalue weighted by Gasteiger charge is 2.16. The third-order valence-electron chi connectivity index (χ3n) is 2.99. The first-order valence-electron chi connectivity index (χ1n) is 6.15. The number of halogens is 3. The van der Waals surface area contributed by atoms with Crippen molar-refractivity contribution in [2.24, 2.45) is 0 Å². The number of hydrogen-bond acceptors (Lipinski definition) is 4. The highest BCUT2D eigenvalue weighted by atomic mass is 19.2. The fourth-order valence-corrected chi connectivity index (χ4v) is 1.98. The molecule has 110 valence electrons. The third kappa shape index (κ3) is 2.54. The summed E-state index contributed by atoms with van der Waals surface area (Å²) >= 11 is 0. The van der Waals surface area contributed by atoms with Crippen LogP contribution >= 0.6 is 0 Å². The van der Waals surface area contributed by atoms with E-state index in [0.717, 1.165) is 6.07 Å². The maximum atomic E-state index is 13.6. The molecule has 0 aromatic heterocycles. The number of fused-ring (bicyclic) bond motifs is 1. The summed E-state index contributed by atoms with van der Waals surface area (Å²) in [6.07, 6.45) is 0. The first-order valence-corrected chi connectivity index (χ1v) is 6.15. The van der Waals surface area contributed by atoms with E-state index >= 15 is 0 Å². The van der Waals surface area contributed by atoms with Crippen LogP contribution in [0.25, 0.3) is 0 Å². The monoisotopic (exact) mass is 296 g/mol. The Labute approximate surface area is 118 Å². The van der Waals surface area contributed by atoms with Gasteiger partial charge in [-0.3, -0.25) is 0 Å². The third-order valence-corrected chi connectivity index (χ3v) is 2.99. The summed E-state index contributed by atoms with van der Waals surface area (Å²) in [5.41, 5.74) is 6.17. The molecule has 0 saturated carbocycles. The van der Waals surface area contributed by atoms with E-state index in [4.69, 9.17) is 15.2 Å². The molecule has 3 N–H and O–H groups in total. The molecule has 4 nitrogen and oxygen atoms in total. The number of ether oxygens (including phenoxy) is 2. The van der Waals surface area contributed by atoms with Crippen molar-refractivity contribution in [3.63, 3.8) is 0 Å². The van der Waals surface area contributed by atoms with Crippen LogP contribution in [0.2, 0.25) is 0 Å². The number of anilines is 3. The summed E-state index contributed by atoms with van der Waals surface area (Å²) in [5.74, 6) is -2.41. The van der Waals surface area contributed by atoms with Crippen LogP contribution in [0.5, 0.6) is 11.5 Å². The highest BCUT2D eigenvalue weighted by Crippen LogP contribution is 2.38. The summed E-state index contributed by atoms with van der Waals surface area (Å²) in [6, 6.07) is 4.23. The summed E-state index contributed by atoms with van der Waals surface area (Å²) < 4.78 is 50.4. The van der Waals surface area contributed by atoms with Crippen LogP contribution in [-0.4, -0.2) is 13.2 Å². The van der Waals surface area contributed by atoms with Crippen LogP contribution in [0, 0.1) is 17.5 Å². The Hall–Kier alpha value is -2.57. The standard InChI is InChI=1S/C14H11F3N2O2/c15-7-3-9(17)11(4-8(7)16)19-12-6-14-13(5-10(12)18)20-1-2-21-14/h3-6,19H,1-2,18H2. The number of nitrogens with one attached hydrogen (secondary N) is 1. The normalized spacial score (nSPS) is 13.1. The number of nitrogen functional groups attached to an aromatic ring is 1. The van der Waals surface area contributed by atoms with Crippen molar-refractivity contribution >= 4 is 17.1 Å². The molecule has 0 amide bonds. The summed E-state index contributed by atoms with van der Waals surface area (Å²) in [5, 5.41) is 2.62. The Kier molecular flexibility index (Phi) is 3.25. The lowest BCUT2D eigenvalue weighted by Crippen LogP contribution is -2.15. The van der Waals surface area contributed by atoms with Crippen molar-refractivity contribution in [2.75, 3.05) is 24.3 Å². The van der Waals surface area contributed by atoms with Gasteiger partial charge in [-0.1, -0.05) is 0 Å². The second-order valence-corrected chi connectivity index (χ2v) is 4.45. The molecule has 0 bridgehead atoms. The van der Waals surface area contributed by atoms with Gasteiger partial charge in [-0.2, -0.15) is 0 Å². The van der Waals surface area contributed by atoms with E-state index in [1.54, 1.807) is 0 Å². The lowest BCUT2D eigenvalue weighted by atomic mass is 10.2. The van der Waals surface area contributed by atoms with Crippen molar-refractivity contribution in [3.05, 3.63) is 41.7 Å². The van der Waals surface area contributed by atoms with Crippen LogP contribution < -0.4 is 20.5 Å². The van der Waals surface area contributed by atoms with E-state index in [1.165, 1.54) is 12.1 Å². The minimum atomic E-state index is -1.26. The van der Waals surface area contributed by atoms with Crippen molar-refractivity contribution in [1.82, 2.24) is 0 Å². The minimum Gasteiger partial charge on any atom is -0.486 e. The van der Waals surface area contributed by atoms with Gasteiger partial charge in [0.2, 0.25) is 0 Å². The van der Waals surface area contributed by atoms with Crippen LogP contribution in [0.3, 0.4) is 0 Å². The summed E-state index contributed by atoms with van der Waals surface area (Å²) in [6.45, 7) is 0.799. The van der Waals surface area contributed by atoms with Gasteiger partial charge in [0.15, 0.2) is 23.1 Å². The molecule has 21 heavy (non-hydrogen) atoms. The Balaban J connectivity index is 1.96. The summed E-state index contributed by atoms with van der Waals surface area (Å²) in [4.78, 5) is 0. The molecular weight excluding hydrogens is 285 g/mol. The molecule has 3 rings (SSSR count). The lowest BCUT2D eigenvalue weighted by molar-refractivity contribution is 0.172. The molecule has 0 aliphatic carbocycles. The van der Waals surface area contributed by atoms with Crippen molar-refractivity contribution in [3.8, 4) is 11.5 Å². The Bertz CT molecular complexity index is 707. The number of rotatable bonds is 2. The van der Waals surface area contributed by atoms with Gasteiger partial charge >= 0.3 is 0 Å². The first-order chi connectivity index (χ1) is 10.0. The molecule has 0 unspecified atom stereocenters. The second kappa shape index (κ2) is 5.08. The quantitative estimate of drug-likeness (QED) is 0.660. The zero-order valence-electron chi connectivity index (χ0n) is 10.8. The van der Waals surface area contributed by atoms with Gasteiger partial charge in [0, 0.05) is 24.3 Å². The van der Waals surface area contributed by atoms with Crippen molar-refractivity contribution in [2.45, 2.75) is 0 Å². The molecule has 2 aromatic carbocycles. The van der Waals surface area contributed by atoms with E-state index < -0.39 is 17.5 Å². The van der Waals surface area contributed by atoms with Crippen LogP contribution in [0.1, 0.15) is 0 Å². The largest absolute Gasteiger partial charge is 0.486 e. The van der Waals surface area contributed by atoms with E-state index in [1.807, 2.05) is 0 Å². The molecule has 1 aliphatic rings. The number of hydrogen-bond donors (Lipinski definition) is 2. The molecule has 0 saturated heterocycles. The van der Waals surface area contributed by atoms with Gasteiger partial charge in [0.1, 0.15) is 19.0 Å². The highest BCUT2D eigenvalue weighted by molar-refractivity contribution is 5.77. The van der Waals surface area contributed by atoms with Gasteiger partial charge in [-0.15, -0.1) is 0 Å². The predicted molar refractivity (Wildman–Crippen MR) is 71.4 cm³/mol. The van der Waals surface area contributed by atoms with E-state index in [-0.39, 0.29) is 11.4 Å². The predicted octanol–water partition coefficient (Wildman–Crippen LogP) is 3.20. The lowest BCUT2D eigenvalue weighted by Gasteiger charge is -2.20. The fourth-order valence-electron chi connectivity index (χ4n) is 1.98. The van der Waals surface area contributed by atoms with Gasteiger partial charge < -0.3 is 20.5 Å². The molecule has 7 heteroatoms. The van der Waals surface area contributed by atoms with E-state index in [2.05, 4.69) is 5.32 Å². The zero-order chi connectivity index (χ0) is 15.0. The van der Waals surface area contributed by atoms with Crippen LogP contribution in [-0.2, 0) is 0 Å². The van der Waals surface area contributed by atoms with Gasteiger partial charge in [0.25, 0.3) is 0 Å². The Morgan fingerprint density at radius 2 is 1.43 bits per heavy atom. The van der Waals surface area contributed by atoms with Crippen molar-refractivity contribution in [1.29, 1.82) is 0 Å². The zero-order valence-corrected chi connectivity index (χ0v) is 10.8. The molecular formula is C14H11F3N2O2. The average Bonchev–Trinajstić information content (AvgIpc) is 2.45. The SMILES string of the molecule is Nc1cc2c(cc1Nc1cc(F)c(F)cc1F)OCCO2.